The first-order valence-corrected chi connectivity index (χ1v) is 4.41. The predicted octanol–water partition coefficient (Wildman–Crippen LogP) is 3.48. The average Bonchev–Trinajstić information content (AvgIpc) is 2.31. The zero-order valence-electron chi connectivity index (χ0n) is 7.49. The zero-order valence-corrected chi connectivity index (χ0v) is 7.49. The summed E-state index contributed by atoms with van der Waals surface area (Å²) < 4.78 is 12.9. The monoisotopic (exact) mass is 156 g/mol. The lowest BCUT2D eigenvalue weighted by Gasteiger charge is -2.25. The number of hydrogen-bond donors (Lipinski definition) is 0. The van der Waals surface area contributed by atoms with Gasteiger partial charge in [-0.15, -0.1) is 0 Å². The minimum atomic E-state index is -0.580. The number of halogens is 1. The summed E-state index contributed by atoms with van der Waals surface area (Å²) in [6, 6.07) is 0. The Morgan fingerprint density at radius 2 is 2.36 bits per heavy atom. The van der Waals surface area contributed by atoms with E-state index >= 15 is 0 Å². The van der Waals surface area contributed by atoms with Gasteiger partial charge in [0.25, 0.3) is 0 Å². The van der Waals surface area contributed by atoms with Crippen LogP contribution >= 0.6 is 0 Å². The minimum Gasteiger partial charge on any atom is -0.247 e. The Morgan fingerprint density at radius 1 is 1.73 bits per heavy atom. The Kier molecular flexibility index (Phi) is 2.36. The molecule has 1 heteroatoms. The molecule has 0 heterocycles. The molecule has 2 atom stereocenters. The molecule has 0 radical (unpaired) electrons. The molecule has 0 aromatic heterocycles. The van der Waals surface area contributed by atoms with Gasteiger partial charge < -0.3 is 0 Å². The molecule has 2 unspecified atom stereocenters. The molecular weight excluding hydrogens is 139 g/mol. The minimum absolute atomic E-state index is 0.105. The Bertz CT molecular complexity index is 162. The maximum absolute atomic E-state index is 12.9. The van der Waals surface area contributed by atoms with Gasteiger partial charge in [-0.25, -0.2) is 4.39 Å². The summed E-state index contributed by atoms with van der Waals surface area (Å²) in [5.74, 6) is 0. The fraction of sp³-hybridized carbons (Fsp3) is 0.800. The van der Waals surface area contributed by atoms with Crippen molar-refractivity contribution in [1.29, 1.82) is 0 Å². The maximum atomic E-state index is 12.9. The van der Waals surface area contributed by atoms with Crippen LogP contribution in [0.25, 0.3) is 0 Å². The van der Waals surface area contributed by atoms with Crippen LogP contribution in [0.2, 0.25) is 0 Å². The second kappa shape index (κ2) is 2.96. The molecule has 1 fully saturated rings. The molecule has 0 bridgehead atoms. The van der Waals surface area contributed by atoms with Gasteiger partial charge in [0.05, 0.1) is 0 Å². The van der Waals surface area contributed by atoms with Crippen molar-refractivity contribution in [3.05, 3.63) is 12.2 Å². The van der Waals surface area contributed by atoms with Crippen molar-refractivity contribution in [2.75, 3.05) is 0 Å². The molecule has 0 saturated heterocycles. The highest BCUT2D eigenvalue weighted by atomic mass is 19.1. The lowest BCUT2D eigenvalue weighted by atomic mass is 9.80. The van der Waals surface area contributed by atoms with E-state index in [1.165, 1.54) is 5.57 Å². The van der Waals surface area contributed by atoms with Gasteiger partial charge in [0, 0.05) is 0 Å². The van der Waals surface area contributed by atoms with Crippen LogP contribution in [-0.2, 0) is 0 Å². The molecule has 0 aromatic carbocycles. The van der Waals surface area contributed by atoms with Crippen molar-refractivity contribution >= 4 is 0 Å². The number of allylic oxidation sites excluding steroid dienone is 1. The highest BCUT2D eigenvalue weighted by Gasteiger charge is 2.36. The van der Waals surface area contributed by atoms with E-state index in [1.807, 2.05) is 0 Å². The highest BCUT2D eigenvalue weighted by molar-refractivity contribution is 5.11. The molecular formula is C10H17F. The van der Waals surface area contributed by atoms with Crippen molar-refractivity contribution in [1.82, 2.24) is 0 Å². The molecule has 1 rings (SSSR count). The van der Waals surface area contributed by atoms with Crippen molar-refractivity contribution < 1.29 is 4.39 Å². The Balaban J connectivity index is 2.61. The third-order valence-corrected chi connectivity index (χ3v) is 2.96. The third kappa shape index (κ3) is 1.63. The number of rotatable bonds is 2. The van der Waals surface area contributed by atoms with E-state index < -0.39 is 6.17 Å². The fourth-order valence-corrected chi connectivity index (χ4v) is 1.92. The van der Waals surface area contributed by atoms with Crippen molar-refractivity contribution in [3.63, 3.8) is 0 Å². The molecule has 1 aliphatic rings. The summed E-state index contributed by atoms with van der Waals surface area (Å²) >= 11 is 0. The van der Waals surface area contributed by atoms with E-state index in [0.717, 1.165) is 19.3 Å². The van der Waals surface area contributed by atoms with Gasteiger partial charge in [-0.3, -0.25) is 0 Å². The number of alkyl halides is 1. The molecule has 0 N–H and O–H groups in total. The molecule has 0 spiro atoms. The average molecular weight is 156 g/mol. The first-order chi connectivity index (χ1) is 5.08. The first-order valence-electron chi connectivity index (χ1n) is 4.41. The summed E-state index contributed by atoms with van der Waals surface area (Å²) in [7, 11) is 0. The lowest BCUT2D eigenvalue weighted by molar-refractivity contribution is 0.305. The fourth-order valence-electron chi connectivity index (χ4n) is 1.92. The van der Waals surface area contributed by atoms with E-state index in [1.54, 1.807) is 0 Å². The largest absolute Gasteiger partial charge is 0.247 e. The molecule has 11 heavy (non-hydrogen) atoms. The highest BCUT2D eigenvalue weighted by Crippen LogP contribution is 2.45. The number of hydrogen-bond acceptors (Lipinski definition) is 0. The Hall–Kier alpha value is -0.330. The second-order valence-electron chi connectivity index (χ2n) is 3.86. The van der Waals surface area contributed by atoms with E-state index in [4.69, 9.17) is 0 Å². The van der Waals surface area contributed by atoms with Crippen LogP contribution in [0.1, 0.15) is 39.5 Å². The molecule has 1 saturated carbocycles. The molecule has 1 aliphatic carbocycles. The molecule has 0 aromatic rings. The quantitative estimate of drug-likeness (QED) is 0.537. The van der Waals surface area contributed by atoms with Crippen molar-refractivity contribution in [3.8, 4) is 0 Å². The third-order valence-electron chi connectivity index (χ3n) is 2.96. The van der Waals surface area contributed by atoms with Crippen molar-refractivity contribution in [2.45, 2.75) is 45.7 Å². The van der Waals surface area contributed by atoms with Gasteiger partial charge in [0.15, 0.2) is 0 Å². The summed E-state index contributed by atoms with van der Waals surface area (Å²) in [6.45, 7) is 8.23. The van der Waals surface area contributed by atoms with Crippen LogP contribution in [0, 0.1) is 5.41 Å². The maximum Gasteiger partial charge on any atom is 0.101 e. The van der Waals surface area contributed by atoms with Crippen LogP contribution in [0.15, 0.2) is 12.2 Å². The van der Waals surface area contributed by atoms with Crippen LogP contribution in [0.3, 0.4) is 0 Å². The first kappa shape index (κ1) is 8.76. The van der Waals surface area contributed by atoms with Crippen molar-refractivity contribution in [2.24, 2.45) is 5.41 Å². The normalized spacial score (nSPS) is 37.5. The van der Waals surface area contributed by atoms with E-state index in [9.17, 15) is 4.39 Å². The van der Waals surface area contributed by atoms with Crippen LogP contribution < -0.4 is 0 Å². The SMILES string of the molecule is C=C(CC)C1(C)CCC(F)C1. The van der Waals surface area contributed by atoms with Gasteiger partial charge in [-0.1, -0.05) is 26.0 Å². The Morgan fingerprint density at radius 3 is 2.73 bits per heavy atom. The molecule has 64 valence electrons. The van der Waals surface area contributed by atoms with Gasteiger partial charge in [0.1, 0.15) is 6.17 Å². The van der Waals surface area contributed by atoms with E-state index in [-0.39, 0.29) is 5.41 Å². The van der Waals surface area contributed by atoms with Gasteiger partial charge >= 0.3 is 0 Å². The van der Waals surface area contributed by atoms with E-state index in [2.05, 4.69) is 20.4 Å². The zero-order chi connectivity index (χ0) is 8.48. The van der Waals surface area contributed by atoms with Crippen LogP contribution in [0.4, 0.5) is 4.39 Å². The standard InChI is InChI=1S/C10H17F/c1-4-8(2)10(3)6-5-9(11)7-10/h9H,2,4-7H2,1,3H3. The topological polar surface area (TPSA) is 0 Å². The van der Waals surface area contributed by atoms with Crippen LogP contribution in [0.5, 0.6) is 0 Å². The van der Waals surface area contributed by atoms with Gasteiger partial charge in [-0.05, 0) is 31.1 Å². The summed E-state index contributed by atoms with van der Waals surface area (Å²) in [4.78, 5) is 0. The molecule has 0 nitrogen and oxygen atoms in total. The molecule has 0 amide bonds. The van der Waals surface area contributed by atoms with Gasteiger partial charge in [0.2, 0.25) is 0 Å². The smallest absolute Gasteiger partial charge is 0.101 e. The van der Waals surface area contributed by atoms with Crippen LogP contribution in [-0.4, -0.2) is 6.17 Å². The summed E-state index contributed by atoms with van der Waals surface area (Å²) in [6.07, 6.45) is 2.82. The second-order valence-corrected chi connectivity index (χ2v) is 3.86. The predicted molar refractivity (Wildman–Crippen MR) is 46.3 cm³/mol. The summed E-state index contributed by atoms with van der Waals surface area (Å²) in [5, 5.41) is 0. The lowest BCUT2D eigenvalue weighted by Crippen LogP contribution is -2.14. The summed E-state index contributed by atoms with van der Waals surface area (Å²) in [5.41, 5.74) is 1.33. The molecule has 0 aliphatic heterocycles. The van der Waals surface area contributed by atoms with Gasteiger partial charge in [-0.2, -0.15) is 0 Å². The Labute approximate surface area is 68.5 Å². The van der Waals surface area contributed by atoms with E-state index in [0.29, 0.717) is 6.42 Å².